The molecule has 2 atom stereocenters. The summed E-state index contributed by atoms with van der Waals surface area (Å²) in [5.41, 5.74) is 7.58. The van der Waals surface area contributed by atoms with Gasteiger partial charge in [0.25, 0.3) is 0 Å². The Labute approximate surface area is 106 Å². The van der Waals surface area contributed by atoms with Crippen LogP contribution in [-0.4, -0.2) is 37.0 Å². The van der Waals surface area contributed by atoms with Crippen LogP contribution in [0.15, 0.2) is 18.2 Å². The molecular weight excluding hydrogens is 240 g/mol. The zero-order chi connectivity index (χ0) is 12.4. The zero-order valence-electron chi connectivity index (χ0n) is 9.77. The van der Waals surface area contributed by atoms with E-state index in [1.54, 1.807) is 6.07 Å². The Bertz CT molecular complexity index is 400. The molecule has 1 saturated heterocycles. The summed E-state index contributed by atoms with van der Waals surface area (Å²) in [6.07, 6.45) is -0.152. The van der Waals surface area contributed by atoms with Gasteiger partial charge in [0.05, 0.1) is 30.7 Å². The van der Waals surface area contributed by atoms with E-state index in [2.05, 4.69) is 11.8 Å². The predicted molar refractivity (Wildman–Crippen MR) is 69.5 cm³/mol. The highest BCUT2D eigenvalue weighted by Gasteiger charge is 2.26. The molecule has 1 aliphatic rings. The normalized spacial score (nSPS) is 25.0. The van der Waals surface area contributed by atoms with Gasteiger partial charge in [0.15, 0.2) is 0 Å². The third kappa shape index (κ3) is 2.65. The Morgan fingerprint density at radius 1 is 1.59 bits per heavy atom. The molecule has 0 saturated carbocycles. The third-order valence-corrected chi connectivity index (χ3v) is 3.24. The monoisotopic (exact) mass is 256 g/mol. The smallest absolute Gasteiger partial charge is 0.0981 e. The van der Waals surface area contributed by atoms with E-state index in [0.29, 0.717) is 23.9 Å². The highest BCUT2D eigenvalue weighted by Crippen LogP contribution is 2.29. The number of aliphatic hydroxyl groups excluding tert-OH is 1. The molecule has 17 heavy (non-hydrogen) atoms. The zero-order valence-corrected chi connectivity index (χ0v) is 10.5. The minimum Gasteiger partial charge on any atom is -0.397 e. The van der Waals surface area contributed by atoms with Crippen molar-refractivity contribution in [3.63, 3.8) is 0 Å². The largest absolute Gasteiger partial charge is 0.397 e. The lowest BCUT2D eigenvalue weighted by molar-refractivity contribution is -0.0102. The maximum Gasteiger partial charge on any atom is 0.0981 e. The van der Waals surface area contributed by atoms with Gasteiger partial charge in [0, 0.05) is 17.6 Å². The predicted octanol–water partition coefficient (Wildman–Crippen LogP) is 1.51. The molecule has 0 spiro atoms. The standard InChI is InChI=1S/C12H17ClN2O2/c1-8-7-17-10(6-16)5-15(8)12-3-2-9(13)4-11(12)14/h2-4,8,10,16H,5-7,14H2,1H3. The summed E-state index contributed by atoms with van der Waals surface area (Å²) in [6, 6.07) is 5.71. The molecule has 0 aromatic heterocycles. The number of nitrogens with zero attached hydrogens (tertiary/aromatic N) is 1. The van der Waals surface area contributed by atoms with Crippen molar-refractivity contribution in [3.8, 4) is 0 Å². The van der Waals surface area contributed by atoms with Gasteiger partial charge in [-0.3, -0.25) is 0 Å². The number of hydrogen-bond donors (Lipinski definition) is 2. The number of rotatable bonds is 2. The minimum absolute atomic E-state index is 0.0245. The second kappa shape index (κ2) is 5.12. The van der Waals surface area contributed by atoms with Gasteiger partial charge >= 0.3 is 0 Å². The van der Waals surface area contributed by atoms with Crippen molar-refractivity contribution in [1.82, 2.24) is 0 Å². The topological polar surface area (TPSA) is 58.7 Å². The van der Waals surface area contributed by atoms with Crippen LogP contribution in [0.4, 0.5) is 11.4 Å². The lowest BCUT2D eigenvalue weighted by Gasteiger charge is -2.39. The molecular formula is C12H17ClN2O2. The minimum atomic E-state index is -0.152. The summed E-state index contributed by atoms with van der Waals surface area (Å²) in [4.78, 5) is 2.15. The highest BCUT2D eigenvalue weighted by molar-refractivity contribution is 6.31. The number of benzene rings is 1. The molecule has 3 N–H and O–H groups in total. The third-order valence-electron chi connectivity index (χ3n) is 3.01. The Kier molecular flexibility index (Phi) is 3.76. The number of ether oxygens (including phenoxy) is 1. The molecule has 0 amide bonds. The molecule has 1 heterocycles. The number of hydrogen-bond acceptors (Lipinski definition) is 4. The SMILES string of the molecule is CC1COC(CO)CN1c1ccc(Cl)cc1N. The number of anilines is 2. The average molecular weight is 257 g/mol. The van der Waals surface area contributed by atoms with Crippen LogP contribution in [0, 0.1) is 0 Å². The van der Waals surface area contributed by atoms with Crippen LogP contribution in [-0.2, 0) is 4.74 Å². The maximum absolute atomic E-state index is 9.15. The fraction of sp³-hybridized carbons (Fsp3) is 0.500. The molecule has 4 nitrogen and oxygen atoms in total. The van der Waals surface area contributed by atoms with Gasteiger partial charge in [-0.05, 0) is 25.1 Å². The van der Waals surface area contributed by atoms with Crippen molar-refractivity contribution < 1.29 is 9.84 Å². The molecule has 1 aromatic rings. The van der Waals surface area contributed by atoms with Crippen molar-refractivity contribution in [3.05, 3.63) is 23.2 Å². The summed E-state index contributed by atoms with van der Waals surface area (Å²) < 4.78 is 5.50. The molecule has 2 unspecified atom stereocenters. The Hall–Kier alpha value is -0.970. The van der Waals surface area contributed by atoms with Crippen LogP contribution < -0.4 is 10.6 Å². The van der Waals surface area contributed by atoms with Crippen LogP contribution in [0.5, 0.6) is 0 Å². The van der Waals surface area contributed by atoms with E-state index >= 15 is 0 Å². The first-order chi connectivity index (χ1) is 8.11. The fourth-order valence-corrected chi connectivity index (χ4v) is 2.23. The van der Waals surface area contributed by atoms with Crippen molar-refractivity contribution in [2.75, 3.05) is 30.4 Å². The molecule has 0 aliphatic carbocycles. The Balaban J connectivity index is 2.24. The van der Waals surface area contributed by atoms with E-state index in [0.717, 1.165) is 5.69 Å². The van der Waals surface area contributed by atoms with Gasteiger partial charge in [0.1, 0.15) is 0 Å². The number of nitrogens with two attached hydrogens (primary N) is 1. The lowest BCUT2D eigenvalue weighted by atomic mass is 10.1. The highest BCUT2D eigenvalue weighted by atomic mass is 35.5. The van der Waals surface area contributed by atoms with Gasteiger partial charge in [0.2, 0.25) is 0 Å². The number of nitrogen functional groups attached to an aromatic ring is 1. The first kappa shape index (κ1) is 12.5. The maximum atomic E-state index is 9.15. The van der Waals surface area contributed by atoms with Crippen LogP contribution >= 0.6 is 11.6 Å². The fourth-order valence-electron chi connectivity index (χ4n) is 2.05. The van der Waals surface area contributed by atoms with Gasteiger partial charge in [-0.1, -0.05) is 11.6 Å². The van der Waals surface area contributed by atoms with Crippen LogP contribution in [0.1, 0.15) is 6.92 Å². The Morgan fingerprint density at radius 3 is 3.00 bits per heavy atom. The van der Waals surface area contributed by atoms with E-state index in [-0.39, 0.29) is 18.8 Å². The van der Waals surface area contributed by atoms with Crippen LogP contribution in [0.25, 0.3) is 0 Å². The van der Waals surface area contributed by atoms with E-state index in [9.17, 15) is 0 Å². The van der Waals surface area contributed by atoms with E-state index < -0.39 is 0 Å². The van der Waals surface area contributed by atoms with Crippen LogP contribution in [0.2, 0.25) is 5.02 Å². The summed E-state index contributed by atoms with van der Waals surface area (Å²) in [7, 11) is 0. The lowest BCUT2D eigenvalue weighted by Crippen LogP contribution is -2.49. The summed E-state index contributed by atoms with van der Waals surface area (Å²) in [5, 5.41) is 9.78. The van der Waals surface area contributed by atoms with E-state index in [4.69, 9.17) is 27.2 Å². The second-order valence-corrected chi connectivity index (χ2v) is 4.78. The van der Waals surface area contributed by atoms with E-state index in [1.807, 2.05) is 12.1 Å². The van der Waals surface area contributed by atoms with Gasteiger partial charge in [-0.25, -0.2) is 0 Å². The number of aliphatic hydroxyl groups is 1. The average Bonchev–Trinajstić information content (AvgIpc) is 2.30. The summed E-state index contributed by atoms with van der Waals surface area (Å²) in [6.45, 7) is 3.33. The molecule has 5 heteroatoms. The van der Waals surface area contributed by atoms with Crippen molar-refractivity contribution in [2.24, 2.45) is 0 Å². The second-order valence-electron chi connectivity index (χ2n) is 4.34. The number of morpholine rings is 1. The first-order valence-corrected chi connectivity index (χ1v) is 6.03. The molecule has 2 rings (SSSR count). The quantitative estimate of drug-likeness (QED) is 0.788. The summed E-state index contributed by atoms with van der Waals surface area (Å²) >= 11 is 5.89. The van der Waals surface area contributed by atoms with Gasteiger partial charge in [-0.2, -0.15) is 0 Å². The van der Waals surface area contributed by atoms with Crippen molar-refractivity contribution in [2.45, 2.75) is 19.1 Å². The number of halogens is 1. The Morgan fingerprint density at radius 2 is 2.35 bits per heavy atom. The van der Waals surface area contributed by atoms with E-state index in [1.165, 1.54) is 0 Å². The first-order valence-electron chi connectivity index (χ1n) is 5.66. The molecule has 94 valence electrons. The molecule has 1 fully saturated rings. The molecule has 0 radical (unpaired) electrons. The van der Waals surface area contributed by atoms with Gasteiger partial charge in [-0.15, -0.1) is 0 Å². The van der Waals surface area contributed by atoms with Gasteiger partial charge < -0.3 is 20.5 Å². The van der Waals surface area contributed by atoms with Crippen molar-refractivity contribution >= 4 is 23.0 Å². The van der Waals surface area contributed by atoms with Crippen molar-refractivity contribution in [1.29, 1.82) is 0 Å². The van der Waals surface area contributed by atoms with Crippen LogP contribution in [0.3, 0.4) is 0 Å². The summed E-state index contributed by atoms with van der Waals surface area (Å²) in [5.74, 6) is 0. The molecule has 0 bridgehead atoms. The molecule has 1 aliphatic heterocycles. The molecule has 1 aromatic carbocycles.